The first kappa shape index (κ1) is 17.8. The van der Waals surface area contributed by atoms with Crippen molar-refractivity contribution in [3.63, 3.8) is 0 Å². The maximum atomic E-state index is 12.6. The average Bonchev–Trinajstić information content (AvgIpc) is 2.62. The van der Waals surface area contributed by atoms with Gasteiger partial charge in [-0.25, -0.2) is 0 Å². The number of amides is 2. The van der Waals surface area contributed by atoms with Crippen molar-refractivity contribution in [3.8, 4) is 5.75 Å². The molecule has 0 radical (unpaired) electrons. The van der Waals surface area contributed by atoms with Gasteiger partial charge >= 0.3 is 0 Å². The molecule has 0 saturated heterocycles. The Kier molecular flexibility index (Phi) is 5.41. The Balaban J connectivity index is 1.73. The number of ether oxygens (including phenoxy) is 1. The van der Waals surface area contributed by atoms with Crippen LogP contribution >= 0.6 is 0 Å². The van der Waals surface area contributed by atoms with E-state index in [0.29, 0.717) is 17.1 Å². The predicted octanol–water partition coefficient (Wildman–Crippen LogP) is 3.04. The van der Waals surface area contributed by atoms with Crippen LogP contribution in [0.5, 0.6) is 5.75 Å². The molecule has 2 N–H and O–H groups in total. The molecule has 1 aliphatic heterocycles. The number of fused-ring (bicyclic) bond motifs is 1. The van der Waals surface area contributed by atoms with Gasteiger partial charge in [-0.2, -0.15) is 0 Å². The van der Waals surface area contributed by atoms with E-state index in [9.17, 15) is 9.59 Å². The fourth-order valence-electron chi connectivity index (χ4n) is 3.23. The first-order valence-corrected chi connectivity index (χ1v) is 8.65. The number of carbonyl (C=O) groups excluding carboxylic acids is 2. The van der Waals surface area contributed by atoms with Crippen molar-refractivity contribution < 1.29 is 14.3 Å². The van der Waals surface area contributed by atoms with E-state index in [1.54, 1.807) is 25.3 Å². The third-order valence-electron chi connectivity index (χ3n) is 4.33. The molecule has 0 unspecified atom stereocenters. The molecule has 2 aromatic carbocycles. The molecule has 26 heavy (non-hydrogen) atoms. The van der Waals surface area contributed by atoms with Crippen molar-refractivity contribution in [3.05, 3.63) is 48.0 Å². The number of rotatable bonds is 5. The van der Waals surface area contributed by atoms with Crippen LogP contribution in [-0.4, -0.2) is 32.0 Å². The Morgan fingerprint density at radius 1 is 1.15 bits per heavy atom. The lowest BCUT2D eigenvalue weighted by Crippen LogP contribution is -2.36. The standard InChI is InChI=1S/C20H23N3O3/c1-14(24)21-16-9-10-19(26-2)17(12-16)22-20(25)13-23-11-5-7-15-6-3-4-8-18(15)23/h3-4,6,8-10,12H,5,7,11,13H2,1-2H3,(H,21,24)(H,22,25). The maximum absolute atomic E-state index is 12.6. The molecule has 0 fully saturated rings. The number of hydrogen-bond acceptors (Lipinski definition) is 4. The number of methoxy groups -OCH3 is 1. The SMILES string of the molecule is COc1ccc(NC(C)=O)cc1NC(=O)CN1CCCc2ccccc21. The van der Waals surface area contributed by atoms with Crippen molar-refractivity contribution in [2.45, 2.75) is 19.8 Å². The summed E-state index contributed by atoms with van der Waals surface area (Å²) in [5, 5.41) is 5.60. The molecular weight excluding hydrogens is 330 g/mol. The van der Waals surface area contributed by atoms with E-state index in [1.165, 1.54) is 12.5 Å². The molecule has 0 bridgehead atoms. The van der Waals surface area contributed by atoms with Crippen LogP contribution in [0.4, 0.5) is 17.1 Å². The highest BCUT2D eigenvalue weighted by molar-refractivity contribution is 5.97. The van der Waals surface area contributed by atoms with Gasteiger partial charge in [-0.3, -0.25) is 9.59 Å². The number of para-hydroxylation sites is 1. The Hall–Kier alpha value is -3.02. The minimum absolute atomic E-state index is 0.125. The molecule has 6 nitrogen and oxygen atoms in total. The third-order valence-corrected chi connectivity index (χ3v) is 4.33. The largest absolute Gasteiger partial charge is 0.495 e. The minimum atomic E-state index is -0.169. The lowest BCUT2D eigenvalue weighted by atomic mass is 10.0. The number of benzene rings is 2. The molecule has 1 aliphatic rings. The van der Waals surface area contributed by atoms with E-state index in [1.807, 2.05) is 12.1 Å². The number of anilines is 3. The number of carbonyl (C=O) groups is 2. The zero-order valence-electron chi connectivity index (χ0n) is 15.0. The summed E-state index contributed by atoms with van der Waals surface area (Å²) in [4.78, 5) is 25.9. The fraction of sp³-hybridized carbons (Fsp3) is 0.300. The first-order valence-electron chi connectivity index (χ1n) is 8.65. The summed E-state index contributed by atoms with van der Waals surface area (Å²) < 4.78 is 5.31. The molecule has 1 heterocycles. The van der Waals surface area contributed by atoms with Gasteiger partial charge in [0.05, 0.1) is 19.3 Å². The van der Waals surface area contributed by atoms with E-state index in [-0.39, 0.29) is 18.4 Å². The molecule has 0 spiro atoms. The van der Waals surface area contributed by atoms with Gasteiger partial charge in [0, 0.05) is 24.8 Å². The van der Waals surface area contributed by atoms with E-state index in [0.717, 1.165) is 25.1 Å². The second kappa shape index (κ2) is 7.91. The molecular formula is C20H23N3O3. The highest BCUT2D eigenvalue weighted by Gasteiger charge is 2.19. The molecule has 136 valence electrons. The third kappa shape index (κ3) is 4.14. The highest BCUT2D eigenvalue weighted by atomic mass is 16.5. The number of hydrogen-bond donors (Lipinski definition) is 2. The van der Waals surface area contributed by atoms with E-state index in [4.69, 9.17) is 4.74 Å². The van der Waals surface area contributed by atoms with Crippen LogP contribution in [0.15, 0.2) is 42.5 Å². The van der Waals surface area contributed by atoms with Crippen LogP contribution < -0.4 is 20.3 Å². The smallest absolute Gasteiger partial charge is 0.243 e. The molecule has 2 amide bonds. The zero-order chi connectivity index (χ0) is 18.5. The summed E-state index contributed by atoms with van der Waals surface area (Å²) >= 11 is 0. The minimum Gasteiger partial charge on any atom is -0.495 e. The van der Waals surface area contributed by atoms with Crippen LogP contribution in [0.3, 0.4) is 0 Å². The summed E-state index contributed by atoms with van der Waals surface area (Å²) in [6.07, 6.45) is 2.08. The van der Waals surface area contributed by atoms with E-state index < -0.39 is 0 Å². The van der Waals surface area contributed by atoms with Crippen molar-refractivity contribution in [2.75, 3.05) is 35.7 Å². The van der Waals surface area contributed by atoms with Crippen LogP contribution in [0.2, 0.25) is 0 Å². The van der Waals surface area contributed by atoms with Gasteiger partial charge in [-0.05, 0) is 42.7 Å². The number of aryl methyl sites for hydroxylation is 1. The van der Waals surface area contributed by atoms with Crippen LogP contribution in [0.1, 0.15) is 18.9 Å². The first-order chi connectivity index (χ1) is 12.6. The Labute approximate surface area is 153 Å². The van der Waals surface area contributed by atoms with Gasteiger partial charge in [0.25, 0.3) is 0 Å². The van der Waals surface area contributed by atoms with Crippen LogP contribution in [0, 0.1) is 0 Å². The summed E-state index contributed by atoms with van der Waals surface area (Å²) in [5.41, 5.74) is 3.54. The second-order valence-corrected chi connectivity index (χ2v) is 6.30. The lowest BCUT2D eigenvalue weighted by Gasteiger charge is -2.30. The highest BCUT2D eigenvalue weighted by Crippen LogP contribution is 2.29. The molecule has 0 saturated carbocycles. The Morgan fingerprint density at radius 2 is 1.96 bits per heavy atom. The summed E-state index contributed by atoms with van der Waals surface area (Å²) in [7, 11) is 1.55. The Morgan fingerprint density at radius 3 is 2.73 bits per heavy atom. The van der Waals surface area contributed by atoms with Gasteiger partial charge in [-0.1, -0.05) is 18.2 Å². The molecule has 3 rings (SSSR count). The predicted molar refractivity (Wildman–Crippen MR) is 103 cm³/mol. The number of nitrogens with one attached hydrogen (secondary N) is 2. The fourth-order valence-corrected chi connectivity index (χ4v) is 3.23. The van der Waals surface area contributed by atoms with E-state index in [2.05, 4.69) is 27.7 Å². The van der Waals surface area contributed by atoms with Crippen LogP contribution in [0.25, 0.3) is 0 Å². The summed E-state index contributed by atoms with van der Waals surface area (Å²) in [5.74, 6) is 0.254. The lowest BCUT2D eigenvalue weighted by molar-refractivity contribution is -0.115. The molecule has 2 aromatic rings. The average molecular weight is 353 g/mol. The van der Waals surface area contributed by atoms with Crippen LogP contribution in [-0.2, 0) is 16.0 Å². The van der Waals surface area contributed by atoms with Crippen molar-refractivity contribution >= 4 is 28.9 Å². The molecule has 0 aliphatic carbocycles. The van der Waals surface area contributed by atoms with Gasteiger partial charge < -0.3 is 20.3 Å². The maximum Gasteiger partial charge on any atom is 0.243 e. The van der Waals surface area contributed by atoms with Gasteiger partial charge in [0.15, 0.2) is 0 Å². The normalized spacial score (nSPS) is 12.9. The molecule has 0 aromatic heterocycles. The van der Waals surface area contributed by atoms with E-state index >= 15 is 0 Å². The Bertz CT molecular complexity index is 820. The summed E-state index contributed by atoms with van der Waals surface area (Å²) in [6, 6.07) is 13.3. The zero-order valence-corrected chi connectivity index (χ0v) is 15.0. The monoisotopic (exact) mass is 353 g/mol. The van der Waals surface area contributed by atoms with Crippen molar-refractivity contribution in [1.29, 1.82) is 0 Å². The molecule has 6 heteroatoms. The summed E-state index contributed by atoms with van der Waals surface area (Å²) in [6.45, 7) is 2.56. The van der Waals surface area contributed by atoms with Gasteiger partial charge in [0.1, 0.15) is 5.75 Å². The quantitative estimate of drug-likeness (QED) is 0.867. The topological polar surface area (TPSA) is 70.7 Å². The molecule has 0 atom stereocenters. The van der Waals surface area contributed by atoms with Crippen molar-refractivity contribution in [1.82, 2.24) is 0 Å². The number of nitrogens with zero attached hydrogens (tertiary/aromatic N) is 1. The van der Waals surface area contributed by atoms with Crippen molar-refractivity contribution in [2.24, 2.45) is 0 Å². The van der Waals surface area contributed by atoms with Gasteiger partial charge in [0.2, 0.25) is 11.8 Å². The second-order valence-electron chi connectivity index (χ2n) is 6.30. The van der Waals surface area contributed by atoms with Gasteiger partial charge in [-0.15, -0.1) is 0 Å².